The number of benzene rings is 6. The van der Waals surface area contributed by atoms with Crippen molar-refractivity contribution < 1.29 is 0 Å². The van der Waals surface area contributed by atoms with Gasteiger partial charge < -0.3 is 4.57 Å². The molecule has 0 fully saturated rings. The Balaban J connectivity index is 1.13. The molecule has 0 aliphatic heterocycles. The first-order valence-electron chi connectivity index (χ1n) is 15.8. The molecule has 3 aromatic heterocycles. The van der Waals surface area contributed by atoms with E-state index in [0.29, 0.717) is 5.82 Å². The van der Waals surface area contributed by atoms with E-state index in [0.717, 1.165) is 50.2 Å². The second-order valence-electron chi connectivity index (χ2n) is 11.7. The quantitative estimate of drug-likeness (QED) is 0.197. The van der Waals surface area contributed by atoms with Crippen molar-refractivity contribution in [2.45, 2.75) is 0 Å². The minimum Gasteiger partial charge on any atom is -0.309 e. The summed E-state index contributed by atoms with van der Waals surface area (Å²) in [5.41, 5.74) is 11.6. The van der Waals surface area contributed by atoms with Crippen molar-refractivity contribution in [2.75, 3.05) is 0 Å². The SMILES string of the molecule is c1ccc(-c2nc(-c3ccc(-c4ccnc5ccccc45)cc3)cc(-c3ccc(-n4c5ccccc5c5ccccc54)cc3)n2)cc1. The van der Waals surface area contributed by atoms with E-state index in [9.17, 15) is 0 Å². The molecule has 0 N–H and O–H groups in total. The molecule has 220 valence electrons. The molecule has 9 aromatic rings. The largest absolute Gasteiger partial charge is 0.309 e. The Kier molecular flexibility index (Phi) is 6.43. The summed E-state index contributed by atoms with van der Waals surface area (Å²) in [4.78, 5) is 14.7. The smallest absolute Gasteiger partial charge is 0.160 e. The van der Waals surface area contributed by atoms with E-state index in [2.05, 4.69) is 149 Å². The number of aromatic nitrogens is 4. The van der Waals surface area contributed by atoms with Crippen LogP contribution in [0.2, 0.25) is 0 Å². The second-order valence-corrected chi connectivity index (χ2v) is 11.7. The molecule has 9 rings (SSSR count). The minimum atomic E-state index is 0.703. The van der Waals surface area contributed by atoms with E-state index < -0.39 is 0 Å². The molecule has 0 saturated heterocycles. The van der Waals surface area contributed by atoms with Crippen LogP contribution in [-0.2, 0) is 0 Å². The zero-order valence-electron chi connectivity index (χ0n) is 25.5. The molecule has 6 aromatic carbocycles. The summed E-state index contributed by atoms with van der Waals surface area (Å²) in [6.45, 7) is 0. The third-order valence-corrected chi connectivity index (χ3v) is 8.90. The number of para-hydroxylation sites is 3. The van der Waals surface area contributed by atoms with Crippen LogP contribution in [0.4, 0.5) is 0 Å². The van der Waals surface area contributed by atoms with Crippen LogP contribution in [0.5, 0.6) is 0 Å². The normalized spacial score (nSPS) is 11.4. The highest BCUT2D eigenvalue weighted by Gasteiger charge is 2.14. The Morgan fingerprint density at radius 3 is 1.60 bits per heavy atom. The Morgan fingerprint density at radius 2 is 0.936 bits per heavy atom. The molecule has 0 unspecified atom stereocenters. The van der Waals surface area contributed by atoms with Crippen LogP contribution < -0.4 is 0 Å². The molecule has 47 heavy (non-hydrogen) atoms. The maximum Gasteiger partial charge on any atom is 0.160 e. The fraction of sp³-hybridized carbons (Fsp3) is 0. The van der Waals surface area contributed by atoms with Gasteiger partial charge in [-0.2, -0.15) is 0 Å². The fourth-order valence-corrected chi connectivity index (χ4v) is 6.61. The summed E-state index contributed by atoms with van der Waals surface area (Å²) in [5.74, 6) is 0.703. The Morgan fingerprint density at radius 1 is 0.404 bits per heavy atom. The van der Waals surface area contributed by atoms with E-state index in [-0.39, 0.29) is 0 Å². The first-order chi connectivity index (χ1) is 23.3. The predicted molar refractivity (Wildman–Crippen MR) is 193 cm³/mol. The number of rotatable bonds is 5. The highest BCUT2D eigenvalue weighted by Crippen LogP contribution is 2.34. The lowest BCUT2D eigenvalue weighted by Gasteiger charge is -2.12. The van der Waals surface area contributed by atoms with Gasteiger partial charge in [0.25, 0.3) is 0 Å². The van der Waals surface area contributed by atoms with Crippen molar-refractivity contribution >= 4 is 32.7 Å². The number of pyridine rings is 1. The van der Waals surface area contributed by atoms with Crippen molar-refractivity contribution in [1.29, 1.82) is 0 Å². The molecule has 0 amide bonds. The zero-order chi connectivity index (χ0) is 31.2. The standard InChI is InChI=1S/C43H28N4/c1-2-10-32(11-3-1)43-45-39(30-20-18-29(19-21-30)34-26-27-44-38-15-7-4-12-35(34)38)28-40(46-43)31-22-24-33(25-23-31)47-41-16-8-5-13-36(41)37-14-6-9-17-42(37)47/h1-28H. The van der Waals surface area contributed by atoms with Gasteiger partial charge in [-0.1, -0.05) is 121 Å². The van der Waals surface area contributed by atoms with Gasteiger partial charge in [0.2, 0.25) is 0 Å². The zero-order valence-corrected chi connectivity index (χ0v) is 25.5. The highest BCUT2D eigenvalue weighted by atomic mass is 15.0. The first kappa shape index (κ1) is 27.0. The molecule has 0 saturated carbocycles. The van der Waals surface area contributed by atoms with E-state index in [1.54, 1.807) is 0 Å². The Hall–Kier alpha value is -6.39. The van der Waals surface area contributed by atoms with Gasteiger partial charge in [0.1, 0.15) is 0 Å². The molecule has 4 heteroatoms. The van der Waals surface area contributed by atoms with Gasteiger partial charge in [-0.05, 0) is 53.6 Å². The number of hydrogen-bond donors (Lipinski definition) is 0. The van der Waals surface area contributed by atoms with Crippen LogP contribution in [0.15, 0.2) is 170 Å². The van der Waals surface area contributed by atoms with Crippen LogP contribution in [-0.4, -0.2) is 19.5 Å². The molecule has 0 spiro atoms. The topological polar surface area (TPSA) is 43.6 Å². The second kappa shape index (κ2) is 11.2. The summed E-state index contributed by atoms with van der Waals surface area (Å²) in [6, 6.07) is 57.2. The summed E-state index contributed by atoms with van der Waals surface area (Å²) < 4.78 is 2.34. The van der Waals surface area contributed by atoms with Gasteiger partial charge in [0, 0.05) is 44.7 Å². The van der Waals surface area contributed by atoms with Gasteiger partial charge in [-0.15, -0.1) is 0 Å². The fourth-order valence-electron chi connectivity index (χ4n) is 6.61. The summed E-state index contributed by atoms with van der Waals surface area (Å²) in [5, 5.41) is 3.65. The average Bonchev–Trinajstić information content (AvgIpc) is 3.49. The van der Waals surface area contributed by atoms with E-state index in [1.807, 2.05) is 30.5 Å². The van der Waals surface area contributed by atoms with Crippen molar-refractivity contribution in [1.82, 2.24) is 19.5 Å². The van der Waals surface area contributed by atoms with Crippen LogP contribution in [0.25, 0.3) is 83.4 Å². The maximum atomic E-state index is 5.07. The molecule has 0 aliphatic carbocycles. The third-order valence-electron chi connectivity index (χ3n) is 8.90. The average molecular weight is 601 g/mol. The summed E-state index contributed by atoms with van der Waals surface area (Å²) in [6.07, 6.45) is 1.88. The predicted octanol–water partition coefficient (Wildman–Crippen LogP) is 10.8. The molecular formula is C43H28N4. The Bertz CT molecular complexity index is 2490. The lowest BCUT2D eigenvalue weighted by atomic mass is 9.99. The highest BCUT2D eigenvalue weighted by molar-refractivity contribution is 6.09. The number of fused-ring (bicyclic) bond motifs is 4. The van der Waals surface area contributed by atoms with Gasteiger partial charge in [-0.3, -0.25) is 4.98 Å². The van der Waals surface area contributed by atoms with Crippen molar-refractivity contribution in [3.8, 4) is 50.7 Å². The molecule has 4 nitrogen and oxygen atoms in total. The molecule has 0 bridgehead atoms. The van der Waals surface area contributed by atoms with E-state index in [1.165, 1.54) is 27.4 Å². The lowest BCUT2D eigenvalue weighted by molar-refractivity contribution is 1.17. The Labute approximate surface area is 272 Å². The minimum absolute atomic E-state index is 0.703. The van der Waals surface area contributed by atoms with Gasteiger partial charge in [0.05, 0.1) is 27.9 Å². The number of hydrogen-bond acceptors (Lipinski definition) is 3. The van der Waals surface area contributed by atoms with Crippen LogP contribution in [0, 0.1) is 0 Å². The number of nitrogens with zero attached hydrogens (tertiary/aromatic N) is 4. The molecule has 0 radical (unpaired) electrons. The third kappa shape index (κ3) is 4.75. The van der Waals surface area contributed by atoms with Crippen LogP contribution in [0.1, 0.15) is 0 Å². The molecule has 0 aliphatic rings. The van der Waals surface area contributed by atoms with Gasteiger partial charge in [0.15, 0.2) is 5.82 Å². The van der Waals surface area contributed by atoms with Crippen molar-refractivity contribution in [2.24, 2.45) is 0 Å². The maximum absolute atomic E-state index is 5.07. The molecule has 0 atom stereocenters. The van der Waals surface area contributed by atoms with E-state index in [4.69, 9.17) is 9.97 Å². The van der Waals surface area contributed by atoms with Crippen LogP contribution >= 0.6 is 0 Å². The summed E-state index contributed by atoms with van der Waals surface area (Å²) in [7, 11) is 0. The molecular weight excluding hydrogens is 573 g/mol. The first-order valence-corrected chi connectivity index (χ1v) is 15.8. The lowest BCUT2D eigenvalue weighted by Crippen LogP contribution is -1.97. The monoisotopic (exact) mass is 600 g/mol. The van der Waals surface area contributed by atoms with E-state index >= 15 is 0 Å². The van der Waals surface area contributed by atoms with Gasteiger partial charge in [-0.25, -0.2) is 9.97 Å². The molecule has 3 heterocycles. The van der Waals surface area contributed by atoms with Gasteiger partial charge >= 0.3 is 0 Å². The van der Waals surface area contributed by atoms with Crippen LogP contribution in [0.3, 0.4) is 0 Å². The van der Waals surface area contributed by atoms with Crippen molar-refractivity contribution in [3.63, 3.8) is 0 Å². The summed E-state index contributed by atoms with van der Waals surface area (Å²) >= 11 is 0. The van der Waals surface area contributed by atoms with Crippen molar-refractivity contribution in [3.05, 3.63) is 170 Å².